The monoisotopic (exact) mass is 963 g/mol. The average Bonchev–Trinajstić information content (AvgIpc) is 3.71. The number of nitrogens with one attached hydrogen (secondary N) is 4. The van der Waals surface area contributed by atoms with Gasteiger partial charge in [0.05, 0.1) is 24.3 Å². The molecule has 9 atom stereocenters. The number of aryl methyl sites for hydroxylation is 2. The maximum atomic E-state index is 14.7. The Kier molecular flexibility index (Phi) is 17.2. The van der Waals surface area contributed by atoms with Crippen molar-refractivity contribution < 1.29 is 43.1 Å². The number of hydrogen-bond acceptors (Lipinski definition) is 10. The van der Waals surface area contributed by atoms with E-state index >= 15 is 0 Å². The molecule has 0 aromatic heterocycles. The minimum absolute atomic E-state index is 0.0311. The molecule has 378 valence electrons. The predicted molar refractivity (Wildman–Crippen MR) is 269 cm³/mol. The van der Waals surface area contributed by atoms with Gasteiger partial charge in [0, 0.05) is 19.2 Å². The largest absolute Gasteiger partial charge is 0.508 e. The first-order valence-corrected chi connectivity index (χ1v) is 25.6. The van der Waals surface area contributed by atoms with Crippen LogP contribution in [0.25, 0.3) is 11.1 Å². The summed E-state index contributed by atoms with van der Waals surface area (Å²) in [4.78, 5) is 72.3. The Bertz CT molecular complexity index is 2330. The molecule has 3 saturated carbocycles. The van der Waals surface area contributed by atoms with Gasteiger partial charge in [0.2, 0.25) is 23.6 Å². The van der Waals surface area contributed by atoms with E-state index in [4.69, 9.17) is 19.8 Å². The maximum Gasteiger partial charge on any atom is 0.481 e. The van der Waals surface area contributed by atoms with Gasteiger partial charge in [-0.25, -0.2) is 0 Å². The van der Waals surface area contributed by atoms with Crippen LogP contribution in [0, 0.1) is 17.3 Å². The number of benzene rings is 3. The molecular weight excluding hydrogens is 887 g/mol. The third kappa shape index (κ3) is 11.7. The molecule has 1 saturated heterocycles. The summed E-state index contributed by atoms with van der Waals surface area (Å²) in [6, 6.07) is 15.8. The minimum Gasteiger partial charge on any atom is -0.508 e. The lowest BCUT2D eigenvalue weighted by Gasteiger charge is -2.64. The predicted octanol–water partition coefficient (Wildman–Crippen LogP) is 5.94. The van der Waals surface area contributed by atoms with Crippen LogP contribution in [0.2, 0.25) is 0 Å². The summed E-state index contributed by atoms with van der Waals surface area (Å²) in [5, 5.41) is 22.4. The molecule has 8 rings (SSSR count). The quantitative estimate of drug-likeness (QED) is 0.0780. The van der Waals surface area contributed by atoms with E-state index in [-0.39, 0.29) is 36.9 Å². The lowest BCUT2D eigenvalue weighted by atomic mass is 9.43. The fourth-order valence-corrected chi connectivity index (χ4v) is 11.0. The van der Waals surface area contributed by atoms with Gasteiger partial charge < -0.3 is 51.1 Å². The first-order valence-electron chi connectivity index (χ1n) is 25.6. The van der Waals surface area contributed by atoms with Crippen molar-refractivity contribution in [2.75, 3.05) is 26.8 Å². The Balaban J connectivity index is 1.06. The third-order valence-electron chi connectivity index (χ3n) is 15.6. The molecule has 5 aliphatic rings. The molecule has 0 spiro atoms. The lowest BCUT2D eigenvalue weighted by Crippen LogP contribution is -2.65. The van der Waals surface area contributed by atoms with Crippen molar-refractivity contribution >= 4 is 36.7 Å². The smallest absolute Gasteiger partial charge is 0.481 e. The highest BCUT2D eigenvalue weighted by Crippen LogP contribution is 2.65. The number of carbonyl (C=O) groups excluding carboxylic acids is 5. The molecule has 0 radical (unpaired) electrons. The Labute approximate surface area is 414 Å². The summed E-state index contributed by atoms with van der Waals surface area (Å²) in [5.41, 5.74) is 10.1. The fraction of sp³-hybridized carbons (Fsp3) is 0.574. The Hall–Kier alpha value is -5.29. The zero-order valence-corrected chi connectivity index (χ0v) is 42.2. The number of hydrogen-bond donors (Lipinski definition) is 6. The molecular formula is C54H75BN6O9. The molecule has 3 aliphatic carbocycles. The summed E-state index contributed by atoms with van der Waals surface area (Å²) in [7, 11) is 0.812. The van der Waals surface area contributed by atoms with E-state index < -0.39 is 72.4 Å². The normalized spacial score (nSPS) is 26.4. The second-order valence-corrected chi connectivity index (χ2v) is 20.9. The van der Waals surface area contributed by atoms with Crippen LogP contribution in [0.5, 0.6) is 5.75 Å². The Morgan fingerprint density at radius 2 is 1.64 bits per heavy atom. The number of unbranched alkanes of at least 4 members (excludes halogenated alkanes) is 2. The molecule has 70 heavy (non-hydrogen) atoms. The highest BCUT2D eigenvalue weighted by molar-refractivity contribution is 6.47. The van der Waals surface area contributed by atoms with Crippen LogP contribution in [0.1, 0.15) is 132 Å². The van der Waals surface area contributed by atoms with Gasteiger partial charge in [0.15, 0.2) is 0 Å². The first kappa shape index (κ1) is 52.5. The van der Waals surface area contributed by atoms with Gasteiger partial charge in [0.25, 0.3) is 5.91 Å². The van der Waals surface area contributed by atoms with Crippen molar-refractivity contribution in [1.29, 1.82) is 0 Å². The van der Waals surface area contributed by atoms with Crippen LogP contribution < -0.4 is 27.0 Å². The molecule has 2 heterocycles. The number of phenolic OH excluding ortho intramolecular Hbond substituents is 1. The fourth-order valence-electron chi connectivity index (χ4n) is 11.0. The molecule has 3 aromatic rings. The van der Waals surface area contributed by atoms with Gasteiger partial charge in [0.1, 0.15) is 29.9 Å². The zero-order chi connectivity index (χ0) is 50.3. The van der Waals surface area contributed by atoms with Crippen molar-refractivity contribution in [3.63, 3.8) is 0 Å². The average molecular weight is 963 g/mol. The van der Waals surface area contributed by atoms with Gasteiger partial charge >= 0.3 is 7.12 Å². The highest BCUT2D eigenvalue weighted by Gasteiger charge is 2.68. The van der Waals surface area contributed by atoms with E-state index in [1.54, 1.807) is 24.3 Å². The molecule has 15 nitrogen and oxygen atoms in total. The van der Waals surface area contributed by atoms with Crippen molar-refractivity contribution in [3.05, 3.63) is 89.0 Å². The minimum atomic E-state index is -1.28. The topological polar surface area (TPSA) is 211 Å². The SMILES string of the molecule is CCCCc1ccc(-c2ccc(C(=O)N[C@@H](CCCCN)C(=O)N(C)[C@@H]3C(=O)N[C@@H](C)C(=O)N[C@H](C(=O)N[C@@H](C)B4O[C@@H]5C[C@@H]6C[C@@H](C6(C)C)[C@]5(C)O4)COCCCCc4cc3ccc4O)cc2)cc1. The van der Waals surface area contributed by atoms with Crippen molar-refractivity contribution in [2.24, 2.45) is 23.0 Å². The van der Waals surface area contributed by atoms with Gasteiger partial charge in [-0.3, -0.25) is 24.0 Å². The maximum absolute atomic E-state index is 14.7. The number of aromatic hydroxyl groups is 1. The van der Waals surface area contributed by atoms with Gasteiger partial charge in [-0.2, -0.15) is 0 Å². The second-order valence-electron chi connectivity index (χ2n) is 20.9. The number of carbonyl (C=O) groups is 5. The molecule has 16 heteroatoms. The summed E-state index contributed by atoms with van der Waals surface area (Å²) in [6.45, 7) is 12.7. The number of fused-ring (bicyclic) bond motifs is 2. The van der Waals surface area contributed by atoms with Gasteiger partial charge in [-0.05, 0) is 161 Å². The Morgan fingerprint density at radius 1 is 0.929 bits per heavy atom. The molecule has 5 amide bonds. The molecule has 2 aliphatic heterocycles. The molecule has 3 aromatic carbocycles. The summed E-state index contributed by atoms with van der Waals surface area (Å²) < 4.78 is 19.0. The number of amides is 5. The van der Waals surface area contributed by atoms with Crippen LogP contribution in [0.4, 0.5) is 0 Å². The zero-order valence-electron chi connectivity index (χ0n) is 42.2. The number of likely N-dealkylation sites (N-methyl/N-ethyl adjacent to an activating group) is 1. The van der Waals surface area contributed by atoms with Crippen molar-refractivity contribution in [2.45, 2.75) is 154 Å². The van der Waals surface area contributed by atoms with E-state index in [1.165, 1.54) is 30.5 Å². The van der Waals surface area contributed by atoms with E-state index in [0.29, 0.717) is 67.2 Å². The van der Waals surface area contributed by atoms with Crippen molar-refractivity contribution in [1.82, 2.24) is 26.2 Å². The van der Waals surface area contributed by atoms with E-state index in [9.17, 15) is 29.1 Å². The van der Waals surface area contributed by atoms with Crippen LogP contribution in [-0.4, -0.2) is 109 Å². The third-order valence-corrected chi connectivity index (χ3v) is 15.6. The number of ether oxygens (including phenoxy) is 1. The molecule has 4 fully saturated rings. The number of nitrogens with two attached hydrogens (primary N) is 1. The second kappa shape index (κ2) is 22.9. The summed E-state index contributed by atoms with van der Waals surface area (Å²) in [5.74, 6) is -2.40. The summed E-state index contributed by atoms with van der Waals surface area (Å²) >= 11 is 0. The number of nitrogens with zero attached hydrogens (tertiary/aromatic N) is 1. The van der Waals surface area contributed by atoms with E-state index in [1.807, 2.05) is 19.1 Å². The van der Waals surface area contributed by atoms with Gasteiger partial charge in [-0.15, -0.1) is 0 Å². The molecule has 7 N–H and O–H groups in total. The van der Waals surface area contributed by atoms with Crippen LogP contribution in [-0.2, 0) is 46.1 Å². The summed E-state index contributed by atoms with van der Waals surface area (Å²) in [6.07, 6.45) is 8.21. The van der Waals surface area contributed by atoms with Crippen molar-refractivity contribution in [3.8, 4) is 16.9 Å². The lowest BCUT2D eigenvalue weighted by molar-refractivity contribution is -0.199. The number of rotatable bonds is 15. The van der Waals surface area contributed by atoms with Crippen LogP contribution in [0.3, 0.4) is 0 Å². The van der Waals surface area contributed by atoms with E-state index in [2.05, 4.69) is 73.2 Å². The molecule has 0 unspecified atom stereocenters. The number of phenols is 1. The van der Waals surface area contributed by atoms with E-state index in [0.717, 1.165) is 43.2 Å². The van der Waals surface area contributed by atoms with Gasteiger partial charge in [-0.1, -0.05) is 69.7 Å². The Morgan fingerprint density at radius 3 is 2.33 bits per heavy atom. The van der Waals surface area contributed by atoms with Crippen LogP contribution in [0.15, 0.2) is 66.7 Å². The van der Waals surface area contributed by atoms with Crippen LogP contribution >= 0.6 is 0 Å². The highest BCUT2D eigenvalue weighted by atomic mass is 16.7. The molecule has 4 bridgehead atoms. The standard InChI is InChI=1S/C54H75BN6O9/c1-8-9-14-35-17-19-36(20-18-35)37-21-23-38(24-22-37)49(64)59-42(16-10-12-27-56)52(67)61(7)47-40-25-26-44(62)39(29-40)15-11-13-28-68-32-43(60-48(63)33(2)57-51(47)66)50(65)58-34(3)55-69-46-31-41-30-45(53(41,4)5)54(46,6)70-55/h17-26,29,33-34,41-43,45-47,62H,8-16,27-28,30-32,56H2,1-7H3,(H,57,66)(H,58,65)(H,59,64)(H,60,63)/t33-,34-,41-,42-,43-,45-,46+,47-,54-/m0/s1. The first-order chi connectivity index (χ1) is 33.4.